The van der Waals surface area contributed by atoms with Gasteiger partial charge in [0.1, 0.15) is 11.5 Å². The molecule has 4 rings (SSSR count). The number of nitrogens with zero attached hydrogens (tertiary/aromatic N) is 3. The Morgan fingerprint density at radius 1 is 1.21 bits per heavy atom. The molecule has 122 valence electrons. The van der Waals surface area contributed by atoms with Crippen LogP contribution in [0.3, 0.4) is 0 Å². The predicted molar refractivity (Wildman–Crippen MR) is 93.7 cm³/mol. The van der Waals surface area contributed by atoms with Crippen molar-refractivity contribution in [2.75, 3.05) is 6.26 Å². The predicted octanol–water partition coefficient (Wildman–Crippen LogP) is 3.73. The number of hydrogen-bond donors (Lipinski definition) is 0. The molecule has 1 aliphatic rings. The number of thioether (sulfide) groups is 1. The summed E-state index contributed by atoms with van der Waals surface area (Å²) in [5, 5.41) is 1.24. The van der Waals surface area contributed by atoms with Crippen LogP contribution in [-0.2, 0) is 6.54 Å². The Morgan fingerprint density at radius 3 is 2.71 bits per heavy atom. The molecule has 2 heterocycles. The van der Waals surface area contributed by atoms with E-state index >= 15 is 0 Å². The van der Waals surface area contributed by atoms with E-state index in [1.54, 1.807) is 28.8 Å². The number of hydrogen-bond acceptors (Lipinski definition) is 4. The van der Waals surface area contributed by atoms with Gasteiger partial charge < -0.3 is 0 Å². The molecule has 24 heavy (non-hydrogen) atoms. The van der Waals surface area contributed by atoms with Crippen molar-refractivity contribution in [3.05, 3.63) is 52.6 Å². The Balaban J connectivity index is 2.03. The van der Waals surface area contributed by atoms with Gasteiger partial charge in [0.05, 0.1) is 5.69 Å². The van der Waals surface area contributed by atoms with Crippen LogP contribution in [0.25, 0.3) is 22.3 Å². The van der Waals surface area contributed by atoms with Crippen LogP contribution >= 0.6 is 11.8 Å². The summed E-state index contributed by atoms with van der Waals surface area (Å²) >= 11 is 1.39. The lowest BCUT2D eigenvalue weighted by molar-refractivity contribution is 0.618. The van der Waals surface area contributed by atoms with Gasteiger partial charge in [0.25, 0.3) is 5.56 Å². The van der Waals surface area contributed by atoms with Gasteiger partial charge in [0.15, 0.2) is 5.16 Å². The summed E-state index contributed by atoms with van der Waals surface area (Å²) in [6, 6.07) is 9.79. The molecule has 3 aromatic rings. The van der Waals surface area contributed by atoms with Crippen LogP contribution in [0.5, 0.6) is 0 Å². The van der Waals surface area contributed by atoms with Crippen molar-refractivity contribution in [2.24, 2.45) is 5.92 Å². The Labute approximate surface area is 142 Å². The monoisotopic (exact) mass is 341 g/mol. The zero-order chi connectivity index (χ0) is 16.7. The minimum absolute atomic E-state index is 0.0698. The Kier molecular flexibility index (Phi) is 3.84. The summed E-state index contributed by atoms with van der Waals surface area (Å²) in [5.41, 5.74) is 1.48. The largest absolute Gasteiger partial charge is 0.292 e. The van der Waals surface area contributed by atoms with Crippen molar-refractivity contribution in [1.29, 1.82) is 0 Å². The quantitative estimate of drug-likeness (QED) is 0.536. The topological polar surface area (TPSA) is 47.8 Å². The van der Waals surface area contributed by atoms with Crippen LogP contribution in [-0.4, -0.2) is 20.8 Å². The van der Waals surface area contributed by atoms with Crippen LogP contribution < -0.4 is 5.56 Å². The second-order valence-corrected chi connectivity index (χ2v) is 6.77. The maximum atomic E-state index is 14.3. The molecule has 0 radical (unpaired) electrons. The second-order valence-electron chi connectivity index (χ2n) is 6.00. The Morgan fingerprint density at radius 2 is 2.00 bits per heavy atom. The van der Waals surface area contributed by atoms with Crippen LogP contribution in [0, 0.1) is 11.7 Å². The lowest BCUT2D eigenvalue weighted by Gasteiger charge is -2.13. The molecule has 0 atom stereocenters. The van der Waals surface area contributed by atoms with Gasteiger partial charge in [-0.3, -0.25) is 9.36 Å². The third-order valence-electron chi connectivity index (χ3n) is 4.27. The van der Waals surface area contributed by atoms with E-state index in [0.29, 0.717) is 39.9 Å². The van der Waals surface area contributed by atoms with Crippen LogP contribution in [0.1, 0.15) is 12.8 Å². The molecule has 0 bridgehead atoms. The summed E-state index contributed by atoms with van der Waals surface area (Å²) in [6.07, 6.45) is 4.16. The SMILES string of the molecule is CSc1nc(-c2ccccc2F)c2ccc(=O)n(CC3CC3)c2n1. The van der Waals surface area contributed by atoms with Crippen molar-refractivity contribution >= 4 is 22.8 Å². The molecule has 0 unspecified atom stereocenters. The molecule has 0 amide bonds. The van der Waals surface area contributed by atoms with Gasteiger partial charge in [0.2, 0.25) is 0 Å². The molecular weight excluding hydrogens is 325 g/mol. The van der Waals surface area contributed by atoms with Crippen molar-refractivity contribution in [2.45, 2.75) is 24.5 Å². The van der Waals surface area contributed by atoms with E-state index in [4.69, 9.17) is 0 Å². The Hall–Kier alpha value is -2.21. The fraction of sp³-hybridized carbons (Fsp3) is 0.278. The number of benzene rings is 1. The summed E-state index contributed by atoms with van der Waals surface area (Å²) < 4.78 is 16.0. The first-order chi connectivity index (χ1) is 11.7. The zero-order valence-corrected chi connectivity index (χ0v) is 14.0. The molecule has 0 N–H and O–H groups in total. The minimum Gasteiger partial charge on any atom is -0.292 e. The number of fused-ring (bicyclic) bond motifs is 1. The lowest BCUT2D eigenvalue weighted by Crippen LogP contribution is -2.21. The van der Waals surface area contributed by atoms with Crippen molar-refractivity contribution in [3.63, 3.8) is 0 Å². The fourth-order valence-corrected chi connectivity index (χ4v) is 3.19. The standard InChI is InChI=1S/C18H16FN3OS/c1-24-18-20-16(12-4-2-3-5-14(12)19)13-8-9-15(23)22(17(13)21-18)10-11-6-7-11/h2-5,8-9,11H,6-7,10H2,1H3. The van der Waals surface area contributed by atoms with Gasteiger partial charge in [-0.25, -0.2) is 14.4 Å². The number of pyridine rings is 1. The van der Waals surface area contributed by atoms with Crippen LogP contribution in [0.4, 0.5) is 4.39 Å². The fourth-order valence-electron chi connectivity index (χ4n) is 2.83. The molecule has 1 aromatic carbocycles. The van der Waals surface area contributed by atoms with E-state index < -0.39 is 0 Å². The third-order valence-corrected chi connectivity index (χ3v) is 4.82. The highest BCUT2D eigenvalue weighted by molar-refractivity contribution is 7.98. The van der Waals surface area contributed by atoms with Gasteiger partial charge in [-0.2, -0.15) is 0 Å². The molecule has 0 spiro atoms. The molecule has 0 saturated heterocycles. The van der Waals surface area contributed by atoms with Gasteiger partial charge in [0, 0.05) is 23.6 Å². The van der Waals surface area contributed by atoms with Crippen LogP contribution in [0.15, 0.2) is 46.3 Å². The first kappa shape index (κ1) is 15.3. The van der Waals surface area contributed by atoms with Gasteiger partial charge >= 0.3 is 0 Å². The minimum atomic E-state index is -0.329. The van der Waals surface area contributed by atoms with E-state index in [2.05, 4.69) is 9.97 Å². The first-order valence-corrected chi connectivity index (χ1v) is 9.10. The highest BCUT2D eigenvalue weighted by Gasteiger charge is 2.24. The summed E-state index contributed by atoms with van der Waals surface area (Å²) in [4.78, 5) is 21.4. The highest BCUT2D eigenvalue weighted by atomic mass is 32.2. The number of halogens is 1. The van der Waals surface area contributed by atoms with Gasteiger partial charge in [-0.15, -0.1) is 0 Å². The van der Waals surface area contributed by atoms with Crippen molar-refractivity contribution < 1.29 is 4.39 Å². The summed E-state index contributed by atoms with van der Waals surface area (Å²) in [7, 11) is 0. The number of rotatable bonds is 4. The molecule has 6 heteroatoms. The molecular formula is C18H16FN3OS. The first-order valence-electron chi connectivity index (χ1n) is 7.88. The normalized spacial score (nSPS) is 14.2. The maximum absolute atomic E-state index is 14.3. The summed E-state index contributed by atoms with van der Waals surface area (Å²) in [6.45, 7) is 0.664. The molecule has 1 aliphatic carbocycles. The van der Waals surface area contributed by atoms with Crippen molar-refractivity contribution in [1.82, 2.24) is 14.5 Å². The summed E-state index contributed by atoms with van der Waals surface area (Å²) in [5.74, 6) is 0.211. The van der Waals surface area contributed by atoms with E-state index in [0.717, 1.165) is 12.8 Å². The highest BCUT2D eigenvalue weighted by Crippen LogP contribution is 2.33. The molecule has 1 fully saturated rings. The smallest absolute Gasteiger partial charge is 0.252 e. The second kappa shape index (κ2) is 6.02. The average molecular weight is 341 g/mol. The Bertz CT molecular complexity index is 982. The molecule has 4 nitrogen and oxygen atoms in total. The number of aromatic nitrogens is 3. The van der Waals surface area contributed by atoms with Crippen molar-refractivity contribution in [3.8, 4) is 11.3 Å². The van der Waals surface area contributed by atoms with E-state index in [9.17, 15) is 9.18 Å². The van der Waals surface area contributed by atoms with Crippen LogP contribution in [0.2, 0.25) is 0 Å². The zero-order valence-electron chi connectivity index (χ0n) is 13.2. The third kappa shape index (κ3) is 2.71. The molecule has 2 aromatic heterocycles. The van der Waals surface area contributed by atoms with E-state index in [-0.39, 0.29) is 11.4 Å². The average Bonchev–Trinajstić information content (AvgIpc) is 3.41. The van der Waals surface area contributed by atoms with Gasteiger partial charge in [-0.1, -0.05) is 23.9 Å². The maximum Gasteiger partial charge on any atom is 0.252 e. The van der Waals surface area contributed by atoms with E-state index in [1.165, 1.54) is 23.9 Å². The molecule has 0 aliphatic heterocycles. The molecule has 1 saturated carbocycles. The van der Waals surface area contributed by atoms with Gasteiger partial charge in [-0.05, 0) is 43.2 Å². The van der Waals surface area contributed by atoms with E-state index in [1.807, 2.05) is 6.26 Å². The lowest BCUT2D eigenvalue weighted by atomic mass is 10.1.